The summed E-state index contributed by atoms with van der Waals surface area (Å²) >= 11 is 0. The van der Waals surface area contributed by atoms with Gasteiger partial charge in [-0.2, -0.15) is 0 Å². The quantitative estimate of drug-likeness (QED) is 0.0117. The average molecular weight is 1460 g/mol. The Balaban J connectivity index is 1.69. The zero-order valence-corrected chi connectivity index (χ0v) is 62.7. The summed E-state index contributed by atoms with van der Waals surface area (Å²) in [6.07, 6.45) is 15.8. The lowest BCUT2D eigenvalue weighted by atomic mass is 9.84. The van der Waals surface area contributed by atoms with Crippen LogP contribution in [0.4, 0.5) is 0 Å². The molecule has 11 N–H and O–H groups in total. The first-order valence-electron chi connectivity index (χ1n) is 39.8. The Kier molecular flexibility index (Phi) is 52.7. The van der Waals surface area contributed by atoms with Crippen molar-refractivity contribution < 1.29 is 117 Å². The molecule has 25 heteroatoms. The summed E-state index contributed by atoms with van der Waals surface area (Å²) in [6, 6.07) is 0. The zero-order chi connectivity index (χ0) is 73.2. The van der Waals surface area contributed by atoms with Crippen molar-refractivity contribution in [2.45, 2.75) is 433 Å². The fraction of sp³-hybridized carbons (Fsp3) is 0.960. The van der Waals surface area contributed by atoms with Crippen LogP contribution in [0.1, 0.15) is 329 Å². The third-order valence-corrected chi connectivity index (χ3v) is 20.9. The van der Waals surface area contributed by atoms with Crippen molar-refractivity contribution in [2.24, 2.45) is 0 Å². The van der Waals surface area contributed by atoms with Gasteiger partial charge >= 0.3 is 25.7 Å². The SMILES string of the molecule is CCCCCCCCCCCCCCCCCCCC(=O)OCC1OC(OC2C(O)C(O)C(O)C(OC3OC(CO)C(O)C(O)C3O)C2OP(=O)(O)OCC(COC(=O)CCCCCCCCCCCCC)OC(=O)CCCCCCCCCCCCCCCCCCC)C(O)C(O)C1O. The molecular formula is C75H141O24P. The largest absolute Gasteiger partial charge is 0.472 e. The monoisotopic (exact) mass is 1460 g/mol. The van der Waals surface area contributed by atoms with Crippen LogP contribution >= 0.6 is 7.82 Å². The molecule has 100 heavy (non-hydrogen) atoms. The Morgan fingerprint density at radius 2 is 0.640 bits per heavy atom. The molecule has 1 saturated carbocycles. The minimum Gasteiger partial charge on any atom is -0.463 e. The van der Waals surface area contributed by atoms with E-state index in [0.717, 1.165) is 96.3 Å². The van der Waals surface area contributed by atoms with Gasteiger partial charge in [0.05, 0.1) is 13.2 Å². The number of aliphatic hydroxyl groups is 10. The van der Waals surface area contributed by atoms with Gasteiger partial charge in [0.15, 0.2) is 18.7 Å². The van der Waals surface area contributed by atoms with Crippen LogP contribution in [0.2, 0.25) is 0 Å². The summed E-state index contributed by atoms with van der Waals surface area (Å²) in [4.78, 5) is 51.0. The molecule has 0 aromatic heterocycles. The minimum atomic E-state index is -5.69. The van der Waals surface area contributed by atoms with Crippen molar-refractivity contribution in [3.05, 3.63) is 0 Å². The number of esters is 3. The molecule has 0 aromatic rings. The number of hydrogen-bond donors (Lipinski definition) is 11. The number of hydrogen-bond acceptors (Lipinski definition) is 23. The molecule has 24 nitrogen and oxygen atoms in total. The Morgan fingerprint density at radius 1 is 0.350 bits per heavy atom. The van der Waals surface area contributed by atoms with Crippen LogP contribution in [0, 0.1) is 0 Å². The Hall–Kier alpha value is -2.04. The number of aliphatic hydroxyl groups excluding tert-OH is 10. The van der Waals surface area contributed by atoms with Crippen molar-refractivity contribution in [1.82, 2.24) is 0 Å². The number of unbranched alkanes of at least 4 members (excludes halogenated alkanes) is 42. The normalized spacial score (nSPS) is 27.3. The number of phosphoric ester groups is 1. The molecule has 2 aliphatic heterocycles. The molecule has 0 radical (unpaired) electrons. The van der Waals surface area contributed by atoms with Crippen molar-refractivity contribution in [2.75, 3.05) is 26.4 Å². The maximum Gasteiger partial charge on any atom is 0.472 e. The van der Waals surface area contributed by atoms with E-state index in [-0.39, 0.29) is 19.3 Å². The van der Waals surface area contributed by atoms with Crippen LogP contribution in [0.15, 0.2) is 0 Å². The van der Waals surface area contributed by atoms with Crippen LogP contribution in [0.3, 0.4) is 0 Å². The summed E-state index contributed by atoms with van der Waals surface area (Å²) in [5.41, 5.74) is 0. The predicted octanol–water partition coefficient (Wildman–Crippen LogP) is 11.7. The molecule has 3 rings (SSSR count). The summed E-state index contributed by atoms with van der Waals surface area (Å²) < 4.78 is 65.1. The maximum absolute atomic E-state index is 14.3. The van der Waals surface area contributed by atoms with E-state index in [1.807, 2.05) is 0 Å². The summed E-state index contributed by atoms with van der Waals surface area (Å²) in [6.45, 7) is 3.49. The first-order chi connectivity index (χ1) is 48.3. The van der Waals surface area contributed by atoms with Crippen molar-refractivity contribution in [3.63, 3.8) is 0 Å². The predicted molar refractivity (Wildman–Crippen MR) is 379 cm³/mol. The maximum atomic E-state index is 14.3. The molecule has 2 heterocycles. The number of carbonyl (C=O) groups is 3. The molecular weight excluding hydrogens is 1320 g/mol. The average Bonchev–Trinajstić information content (AvgIpc) is 0.762. The van der Waals surface area contributed by atoms with Gasteiger partial charge in [0, 0.05) is 19.3 Å². The summed E-state index contributed by atoms with van der Waals surface area (Å²) in [5.74, 6) is -1.97. The summed E-state index contributed by atoms with van der Waals surface area (Å²) in [7, 11) is -5.69. The van der Waals surface area contributed by atoms with E-state index in [0.29, 0.717) is 19.3 Å². The number of phosphoric acid groups is 1. The molecule has 0 amide bonds. The van der Waals surface area contributed by atoms with Gasteiger partial charge in [-0.05, 0) is 19.3 Å². The van der Waals surface area contributed by atoms with Crippen LogP contribution in [0.5, 0.6) is 0 Å². The topological polar surface area (TPSA) is 374 Å². The van der Waals surface area contributed by atoms with E-state index < -0.39 is 156 Å². The van der Waals surface area contributed by atoms with Gasteiger partial charge in [-0.25, -0.2) is 4.57 Å². The van der Waals surface area contributed by atoms with E-state index in [1.165, 1.54) is 173 Å². The van der Waals surface area contributed by atoms with Crippen molar-refractivity contribution in [3.8, 4) is 0 Å². The molecule has 0 spiro atoms. The van der Waals surface area contributed by atoms with Gasteiger partial charge in [-0.15, -0.1) is 0 Å². The fourth-order valence-electron chi connectivity index (χ4n) is 13.4. The second kappa shape index (κ2) is 57.2. The lowest BCUT2D eigenvalue weighted by molar-refractivity contribution is -0.360. The van der Waals surface area contributed by atoms with E-state index in [2.05, 4.69) is 20.8 Å². The third kappa shape index (κ3) is 39.5. The van der Waals surface area contributed by atoms with Crippen molar-refractivity contribution >= 4 is 25.7 Å². The molecule has 3 aliphatic rings. The van der Waals surface area contributed by atoms with E-state index in [4.69, 9.17) is 42.2 Å². The van der Waals surface area contributed by atoms with Gasteiger partial charge in [0.1, 0.15) is 98.7 Å². The van der Waals surface area contributed by atoms with Crippen LogP contribution in [0.25, 0.3) is 0 Å². The van der Waals surface area contributed by atoms with E-state index in [9.17, 15) is 74.9 Å². The molecule has 18 atom stereocenters. The van der Waals surface area contributed by atoms with E-state index in [1.54, 1.807) is 0 Å². The highest BCUT2D eigenvalue weighted by Crippen LogP contribution is 2.49. The van der Waals surface area contributed by atoms with Gasteiger partial charge < -0.3 is 89.1 Å². The van der Waals surface area contributed by atoms with Crippen LogP contribution in [-0.4, -0.2) is 204 Å². The number of ether oxygens (including phenoxy) is 7. The Labute approximate surface area is 600 Å². The van der Waals surface area contributed by atoms with Gasteiger partial charge in [0.2, 0.25) is 0 Å². The molecule has 0 aromatic carbocycles. The zero-order valence-electron chi connectivity index (χ0n) is 61.8. The first-order valence-corrected chi connectivity index (χ1v) is 41.3. The summed E-state index contributed by atoms with van der Waals surface area (Å²) in [5, 5.41) is 110. The third-order valence-electron chi connectivity index (χ3n) is 19.9. The van der Waals surface area contributed by atoms with Gasteiger partial charge in [-0.1, -0.05) is 290 Å². The highest BCUT2D eigenvalue weighted by molar-refractivity contribution is 7.47. The second-order valence-corrected chi connectivity index (χ2v) is 30.2. The number of carbonyl (C=O) groups excluding carboxylic acids is 3. The standard InChI is InChI=1S/C75H141O24P/c1-4-7-10-13-16-19-22-24-26-28-30-32-35-38-41-44-47-50-60(78)92-55-58-63(81)65(83)70(88)75(96-58)98-72-68(86)66(84)67(85)71(97-74-69(87)64(82)62(80)57(52-76)95-74)73(72)99-100(89,90)93-54-56(53-91-59(77)49-46-43-40-37-34-21-18-15-12-9-6-3)94-61(79)51-48-45-42-39-36-33-31-29-27-25-23-20-17-14-11-8-5-2/h56-58,62-76,80-88H,4-55H2,1-3H3,(H,89,90). The van der Waals surface area contributed by atoms with Crippen LogP contribution in [-0.2, 0) is 61.2 Å². The molecule has 3 fully saturated rings. The molecule has 2 saturated heterocycles. The highest BCUT2D eigenvalue weighted by atomic mass is 31.2. The molecule has 0 bridgehead atoms. The second-order valence-electron chi connectivity index (χ2n) is 28.8. The highest BCUT2D eigenvalue weighted by Gasteiger charge is 2.58. The Morgan fingerprint density at radius 3 is 0.980 bits per heavy atom. The fourth-order valence-corrected chi connectivity index (χ4v) is 14.4. The minimum absolute atomic E-state index is 0.0328. The smallest absolute Gasteiger partial charge is 0.463 e. The van der Waals surface area contributed by atoms with Gasteiger partial charge in [0.25, 0.3) is 0 Å². The van der Waals surface area contributed by atoms with Gasteiger partial charge in [-0.3, -0.25) is 23.4 Å². The lowest BCUT2D eigenvalue weighted by Gasteiger charge is -2.49. The first kappa shape index (κ1) is 92.2. The van der Waals surface area contributed by atoms with Crippen molar-refractivity contribution in [1.29, 1.82) is 0 Å². The molecule has 1 aliphatic carbocycles. The lowest BCUT2D eigenvalue weighted by Crippen LogP contribution is -2.69. The Bertz CT molecular complexity index is 2060. The molecule has 590 valence electrons. The number of rotatable bonds is 63. The van der Waals surface area contributed by atoms with E-state index >= 15 is 0 Å². The van der Waals surface area contributed by atoms with Crippen LogP contribution < -0.4 is 0 Å². The molecule has 18 unspecified atom stereocenters.